The van der Waals surface area contributed by atoms with Crippen LogP contribution < -0.4 is 0 Å². The van der Waals surface area contributed by atoms with Gasteiger partial charge in [-0.3, -0.25) is 4.79 Å². The van der Waals surface area contributed by atoms with E-state index in [4.69, 9.17) is 0 Å². The van der Waals surface area contributed by atoms with Crippen LogP contribution in [0.5, 0.6) is 0 Å². The summed E-state index contributed by atoms with van der Waals surface area (Å²) in [6.07, 6.45) is 2.22. The molecule has 0 spiro atoms. The van der Waals surface area contributed by atoms with Crippen LogP contribution >= 0.6 is 0 Å². The van der Waals surface area contributed by atoms with Crippen molar-refractivity contribution in [3.05, 3.63) is 35.4 Å². The Morgan fingerprint density at radius 2 is 1.94 bits per heavy atom. The number of hydrogen-bond donors (Lipinski definition) is 0. The van der Waals surface area contributed by atoms with Crippen molar-refractivity contribution >= 4 is 5.91 Å². The van der Waals surface area contributed by atoms with Gasteiger partial charge in [-0.2, -0.15) is 0 Å². The summed E-state index contributed by atoms with van der Waals surface area (Å²) in [6.45, 7) is 6.96. The van der Waals surface area contributed by atoms with Crippen LogP contribution in [0.2, 0.25) is 0 Å². The standard InChI is InChI=1S/C15H21NO/c1-11(2)15(17)16-10-4-5-14(16)13-8-6-12(3)7-9-13/h6-9,11,14H,4-5,10H2,1-3H3/t14-/m1/s1. The predicted molar refractivity (Wildman–Crippen MR) is 69.7 cm³/mol. The monoisotopic (exact) mass is 231 g/mol. The van der Waals surface area contributed by atoms with Gasteiger partial charge in [-0.1, -0.05) is 43.7 Å². The molecule has 17 heavy (non-hydrogen) atoms. The number of carbonyl (C=O) groups excluding carboxylic acids is 1. The van der Waals surface area contributed by atoms with Gasteiger partial charge in [0.15, 0.2) is 0 Å². The van der Waals surface area contributed by atoms with Gasteiger partial charge < -0.3 is 4.90 Å². The number of amides is 1. The summed E-state index contributed by atoms with van der Waals surface area (Å²) in [6, 6.07) is 8.88. The molecule has 1 heterocycles. The largest absolute Gasteiger partial charge is 0.335 e. The van der Waals surface area contributed by atoms with Crippen molar-refractivity contribution in [2.24, 2.45) is 5.92 Å². The lowest BCUT2D eigenvalue weighted by Crippen LogP contribution is -2.33. The number of nitrogens with zero attached hydrogens (tertiary/aromatic N) is 1. The molecule has 1 aromatic rings. The fraction of sp³-hybridized carbons (Fsp3) is 0.533. The number of likely N-dealkylation sites (tertiary alicyclic amines) is 1. The first-order valence-corrected chi connectivity index (χ1v) is 6.46. The van der Waals surface area contributed by atoms with E-state index in [0.717, 1.165) is 19.4 Å². The van der Waals surface area contributed by atoms with Crippen LogP contribution in [0.1, 0.15) is 43.9 Å². The summed E-state index contributed by atoms with van der Waals surface area (Å²) in [5, 5.41) is 0. The van der Waals surface area contributed by atoms with E-state index in [1.807, 2.05) is 13.8 Å². The molecule has 92 valence electrons. The lowest BCUT2D eigenvalue weighted by Gasteiger charge is -2.26. The zero-order chi connectivity index (χ0) is 12.4. The first kappa shape index (κ1) is 12.2. The zero-order valence-corrected chi connectivity index (χ0v) is 10.9. The molecule has 1 amide bonds. The summed E-state index contributed by atoms with van der Waals surface area (Å²) in [5.74, 6) is 0.383. The van der Waals surface area contributed by atoms with Crippen molar-refractivity contribution in [3.63, 3.8) is 0 Å². The van der Waals surface area contributed by atoms with Crippen molar-refractivity contribution in [1.82, 2.24) is 4.90 Å². The third-order valence-electron chi connectivity index (χ3n) is 3.49. The number of hydrogen-bond acceptors (Lipinski definition) is 1. The lowest BCUT2D eigenvalue weighted by molar-refractivity contribution is -0.135. The van der Waals surface area contributed by atoms with Crippen molar-refractivity contribution < 1.29 is 4.79 Å². The molecule has 0 aliphatic carbocycles. The molecule has 1 aliphatic rings. The molecule has 0 aromatic heterocycles. The summed E-state index contributed by atoms with van der Waals surface area (Å²) >= 11 is 0. The Balaban J connectivity index is 2.20. The quantitative estimate of drug-likeness (QED) is 0.764. The van der Waals surface area contributed by atoms with Crippen LogP contribution in [0.3, 0.4) is 0 Å². The van der Waals surface area contributed by atoms with Crippen LogP contribution in [0, 0.1) is 12.8 Å². The molecule has 0 bridgehead atoms. The Bertz CT molecular complexity index is 394. The maximum Gasteiger partial charge on any atom is 0.225 e. The topological polar surface area (TPSA) is 20.3 Å². The summed E-state index contributed by atoms with van der Waals surface area (Å²) in [7, 11) is 0. The van der Waals surface area contributed by atoms with Gasteiger partial charge in [0.25, 0.3) is 0 Å². The minimum atomic E-state index is 0.0982. The van der Waals surface area contributed by atoms with E-state index < -0.39 is 0 Å². The Labute approximate surface area is 104 Å². The molecule has 1 aromatic carbocycles. The molecule has 2 rings (SSSR count). The second-order valence-corrected chi connectivity index (χ2v) is 5.26. The fourth-order valence-electron chi connectivity index (χ4n) is 2.50. The van der Waals surface area contributed by atoms with Crippen LogP contribution in [-0.2, 0) is 4.79 Å². The molecule has 1 aliphatic heterocycles. The molecule has 1 fully saturated rings. The van der Waals surface area contributed by atoms with Gasteiger partial charge >= 0.3 is 0 Å². The Morgan fingerprint density at radius 1 is 1.29 bits per heavy atom. The molecule has 1 saturated heterocycles. The van der Waals surface area contributed by atoms with Crippen molar-refractivity contribution in [3.8, 4) is 0 Å². The first-order valence-electron chi connectivity index (χ1n) is 6.46. The van der Waals surface area contributed by atoms with Gasteiger partial charge in [-0.05, 0) is 25.3 Å². The van der Waals surface area contributed by atoms with E-state index in [9.17, 15) is 4.79 Å². The summed E-state index contributed by atoms with van der Waals surface area (Å²) < 4.78 is 0. The first-order chi connectivity index (χ1) is 8.09. The summed E-state index contributed by atoms with van der Waals surface area (Å²) in [5.41, 5.74) is 2.55. The van der Waals surface area contributed by atoms with Gasteiger partial charge in [0.05, 0.1) is 6.04 Å². The Hall–Kier alpha value is -1.31. The minimum absolute atomic E-state index is 0.0982. The van der Waals surface area contributed by atoms with E-state index in [1.165, 1.54) is 11.1 Å². The molecule has 0 N–H and O–H groups in total. The van der Waals surface area contributed by atoms with Gasteiger partial charge in [0.1, 0.15) is 0 Å². The molecule has 0 radical (unpaired) electrons. The molecular weight excluding hydrogens is 210 g/mol. The highest BCUT2D eigenvalue weighted by Gasteiger charge is 2.30. The van der Waals surface area contributed by atoms with Crippen LogP contribution in [-0.4, -0.2) is 17.4 Å². The smallest absolute Gasteiger partial charge is 0.225 e. The molecule has 0 saturated carbocycles. The van der Waals surface area contributed by atoms with Crippen molar-refractivity contribution in [2.45, 2.75) is 39.7 Å². The van der Waals surface area contributed by atoms with E-state index >= 15 is 0 Å². The van der Waals surface area contributed by atoms with Gasteiger partial charge in [-0.15, -0.1) is 0 Å². The third-order valence-corrected chi connectivity index (χ3v) is 3.49. The van der Waals surface area contributed by atoms with Crippen molar-refractivity contribution in [2.75, 3.05) is 6.54 Å². The SMILES string of the molecule is Cc1ccc([C@H]2CCCN2C(=O)C(C)C)cc1. The average molecular weight is 231 g/mol. The van der Waals surface area contributed by atoms with Gasteiger partial charge in [0, 0.05) is 12.5 Å². The second-order valence-electron chi connectivity index (χ2n) is 5.26. The summed E-state index contributed by atoms with van der Waals surface area (Å²) in [4.78, 5) is 14.2. The molecular formula is C15H21NO. The van der Waals surface area contributed by atoms with Crippen LogP contribution in [0.15, 0.2) is 24.3 Å². The third kappa shape index (κ3) is 2.51. The predicted octanol–water partition coefficient (Wildman–Crippen LogP) is 3.31. The highest BCUT2D eigenvalue weighted by Crippen LogP contribution is 2.32. The highest BCUT2D eigenvalue weighted by atomic mass is 16.2. The molecule has 1 atom stereocenters. The molecule has 2 nitrogen and oxygen atoms in total. The van der Waals surface area contributed by atoms with E-state index in [2.05, 4.69) is 36.1 Å². The fourth-order valence-corrected chi connectivity index (χ4v) is 2.50. The molecule has 2 heteroatoms. The average Bonchev–Trinajstić information content (AvgIpc) is 2.77. The second kappa shape index (κ2) is 4.91. The number of rotatable bonds is 2. The number of benzene rings is 1. The van der Waals surface area contributed by atoms with Gasteiger partial charge in [0.2, 0.25) is 5.91 Å². The van der Waals surface area contributed by atoms with E-state index in [-0.39, 0.29) is 11.8 Å². The normalized spacial score (nSPS) is 20.0. The number of carbonyl (C=O) groups is 1. The van der Waals surface area contributed by atoms with Gasteiger partial charge in [-0.25, -0.2) is 0 Å². The van der Waals surface area contributed by atoms with E-state index in [0.29, 0.717) is 6.04 Å². The van der Waals surface area contributed by atoms with E-state index in [1.54, 1.807) is 0 Å². The van der Waals surface area contributed by atoms with Crippen LogP contribution in [0.25, 0.3) is 0 Å². The Morgan fingerprint density at radius 3 is 2.53 bits per heavy atom. The minimum Gasteiger partial charge on any atom is -0.335 e. The zero-order valence-electron chi connectivity index (χ0n) is 10.9. The maximum atomic E-state index is 12.1. The highest BCUT2D eigenvalue weighted by molar-refractivity contribution is 5.78. The lowest BCUT2D eigenvalue weighted by atomic mass is 10.0. The molecule has 0 unspecified atom stereocenters. The van der Waals surface area contributed by atoms with Crippen molar-refractivity contribution in [1.29, 1.82) is 0 Å². The number of aryl methyl sites for hydroxylation is 1. The Kier molecular flexibility index (Phi) is 3.51. The van der Waals surface area contributed by atoms with Crippen LogP contribution in [0.4, 0.5) is 0 Å². The maximum absolute atomic E-state index is 12.1.